The lowest BCUT2D eigenvalue weighted by Gasteiger charge is -2.51. The molecule has 2 aliphatic heterocycles. The van der Waals surface area contributed by atoms with Gasteiger partial charge >= 0.3 is 0 Å². The van der Waals surface area contributed by atoms with Crippen molar-refractivity contribution in [2.45, 2.75) is 57.5 Å². The second-order valence-electron chi connectivity index (χ2n) is 6.72. The number of nitrogens with one attached hydrogen (secondary N) is 1. The number of carbonyl (C=O) groups is 1. The third kappa shape index (κ3) is 1.95. The quantitative estimate of drug-likeness (QED) is 0.791. The summed E-state index contributed by atoms with van der Waals surface area (Å²) >= 11 is 0. The third-order valence-corrected chi connectivity index (χ3v) is 5.49. The van der Waals surface area contributed by atoms with Gasteiger partial charge in [0.05, 0.1) is 11.4 Å². The average Bonchev–Trinajstić information content (AvgIpc) is 2.49. The minimum absolute atomic E-state index is 0.0368. The number of halogens is 1. The van der Waals surface area contributed by atoms with Crippen LogP contribution in [0.4, 0.5) is 15.8 Å². The molecule has 1 aromatic rings. The van der Waals surface area contributed by atoms with Crippen LogP contribution in [0.1, 0.15) is 44.1 Å². The van der Waals surface area contributed by atoms with Crippen LogP contribution in [0.5, 0.6) is 0 Å². The van der Waals surface area contributed by atoms with Gasteiger partial charge in [0.15, 0.2) is 0 Å². The van der Waals surface area contributed by atoms with Crippen LogP contribution in [0.25, 0.3) is 0 Å². The zero-order valence-corrected chi connectivity index (χ0v) is 12.4. The zero-order valence-electron chi connectivity index (χ0n) is 12.4. The van der Waals surface area contributed by atoms with Crippen LogP contribution in [0.2, 0.25) is 0 Å². The zero-order chi connectivity index (χ0) is 14.6. The topological polar surface area (TPSA) is 32.3 Å². The van der Waals surface area contributed by atoms with Crippen molar-refractivity contribution < 1.29 is 9.18 Å². The number of aryl methyl sites for hydroxylation is 1. The second-order valence-corrected chi connectivity index (χ2v) is 6.72. The summed E-state index contributed by atoms with van der Waals surface area (Å²) in [5, 5.41) is 2.90. The van der Waals surface area contributed by atoms with Crippen LogP contribution >= 0.6 is 0 Å². The number of hydrogen-bond acceptors (Lipinski definition) is 2. The monoisotopic (exact) mass is 288 g/mol. The molecule has 21 heavy (non-hydrogen) atoms. The summed E-state index contributed by atoms with van der Waals surface area (Å²) in [4.78, 5) is 14.7. The molecule has 1 saturated carbocycles. The molecule has 2 heterocycles. The van der Waals surface area contributed by atoms with Gasteiger partial charge in [0.1, 0.15) is 11.9 Å². The van der Waals surface area contributed by atoms with Crippen LogP contribution in [-0.2, 0) is 4.79 Å². The van der Waals surface area contributed by atoms with Gasteiger partial charge in [-0.25, -0.2) is 4.39 Å². The maximum absolute atomic E-state index is 13.8. The minimum Gasteiger partial charge on any atom is -0.355 e. The fourth-order valence-electron chi connectivity index (χ4n) is 4.43. The van der Waals surface area contributed by atoms with E-state index in [0.29, 0.717) is 23.2 Å². The van der Waals surface area contributed by atoms with Gasteiger partial charge in [0, 0.05) is 6.04 Å². The summed E-state index contributed by atoms with van der Waals surface area (Å²) in [6, 6.07) is 3.77. The SMILES string of the molecule is Cc1cc2c(cc1F)NC(=O)C1CCC3CCCCC3N21. The molecule has 3 unspecified atom stereocenters. The second kappa shape index (κ2) is 4.72. The summed E-state index contributed by atoms with van der Waals surface area (Å²) in [6.07, 6.45) is 7.04. The molecule has 4 rings (SSSR count). The molecule has 112 valence electrons. The normalized spacial score (nSPS) is 31.0. The van der Waals surface area contributed by atoms with Crippen LogP contribution in [0, 0.1) is 18.7 Å². The van der Waals surface area contributed by atoms with Crippen molar-refractivity contribution in [3.63, 3.8) is 0 Å². The lowest BCUT2D eigenvalue weighted by Crippen LogP contribution is -2.58. The molecule has 3 atom stereocenters. The van der Waals surface area contributed by atoms with Gasteiger partial charge in [0.25, 0.3) is 0 Å². The smallest absolute Gasteiger partial charge is 0.247 e. The number of piperidine rings is 1. The Hall–Kier alpha value is -1.58. The molecule has 1 aliphatic carbocycles. The average molecular weight is 288 g/mol. The van der Waals surface area contributed by atoms with Crippen LogP contribution in [-0.4, -0.2) is 18.0 Å². The van der Waals surface area contributed by atoms with E-state index in [0.717, 1.165) is 24.9 Å². The number of hydrogen-bond donors (Lipinski definition) is 1. The van der Waals surface area contributed by atoms with E-state index in [-0.39, 0.29) is 17.8 Å². The van der Waals surface area contributed by atoms with E-state index in [9.17, 15) is 9.18 Å². The molecule has 3 nitrogen and oxygen atoms in total. The number of carbonyl (C=O) groups excluding carboxylic acids is 1. The first kappa shape index (κ1) is 13.1. The van der Waals surface area contributed by atoms with E-state index in [1.54, 1.807) is 6.92 Å². The number of benzene rings is 1. The van der Waals surface area contributed by atoms with Crippen LogP contribution in [0.15, 0.2) is 12.1 Å². The Morgan fingerprint density at radius 2 is 2.00 bits per heavy atom. The molecule has 1 amide bonds. The molecule has 0 bridgehead atoms. The summed E-state index contributed by atoms with van der Waals surface area (Å²) in [5.74, 6) is 0.485. The fourth-order valence-corrected chi connectivity index (χ4v) is 4.43. The molecule has 1 saturated heterocycles. The number of amides is 1. The van der Waals surface area contributed by atoms with Gasteiger partial charge in [-0.3, -0.25) is 4.79 Å². The first-order valence-electron chi connectivity index (χ1n) is 8.04. The van der Waals surface area contributed by atoms with Crippen molar-refractivity contribution in [2.75, 3.05) is 10.2 Å². The first-order valence-corrected chi connectivity index (χ1v) is 8.04. The van der Waals surface area contributed by atoms with Crippen molar-refractivity contribution >= 4 is 17.3 Å². The van der Waals surface area contributed by atoms with E-state index in [2.05, 4.69) is 10.2 Å². The van der Waals surface area contributed by atoms with E-state index < -0.39 is 0 Å². The molecule has 3 aliphatic rings. The van der Waals surface area contributed by atoms with Gasteiger partial charge in [-0.05, 0) is 56.2 Å². The Labute approximate surface area is 124 Å². The predicted octanol–water partition coefficient (Wildman–Crippen LogP) is 3.61. The fraction of sp³-hybridized carbons (Fsp3) is 0.588. The lowest BCUT2D eigenvalue weighted by atomic mass is 9.75. The highest BCUT2D eigenvalue weighted by molar-refractivity contribution is 6.04. The molecular formula is C17H21FN2O. The molecule has 0 spiro atoms. The van der Waals surface area contributed by atoms with E-state index in [4.69, 9.17) is 0 Å². The van der Waals surface area contributed by atoms with E-state index in [1.807, 2.05) is 6.07 Å². The molecular weight excluding hydrogens is 267 g/mol. The maximum atomic E-state index is 13.8. The summed E-state index contributed by atoms with van der Waals surface area (Å²) < 4.78 is 13.8. The van der Waals surface area contributed by atoms with Gasteiger partial charge in [-0.2, -0.15) is 0 Å². The molecule has 4 heteroatoms. The van der Waals surface area contributed by atoms with E-state index in [1.165, 1.54) is 25.3 Å². The van der Waals surface area contributed by atoms with Crippen LogP contribution in [0.3, 0.4) is 0 Å². The van der Waals surface area contributed by atoms with Crippen molar-refractivity contribution in [1.29, 1.82) is 0 Å². The number of anilines is 2. The molecule has 0 radical (unpaired) electrons. The maximum Gasteiger partial charge on any atom is 0.247 e. The molecule has 2 fully saturated rings. The summed E-state index contributed by atoms with van der Waals surface area (Å²) in [5.41, 5.74) is 2.32. The predicted molar refractivity (Wildman–Crippen MR) is 81.0 cm³/mol. The molecule has 1 aromatic carbocycles. The standard InChI is InChI=1S/C17H21FN2O/c1-10-8-16-13(9-12(10)18)19-17(21)15-7-6-11-4-2-3-5-14(11)20(15)16/h8-9,11,14-15H,2-7H2,1H3,(H,19,21). The minimum atomic E-state index is -0.246. The Balaban J connectivity index is 1.82. The van der Waals surface area contributed by atoms with Crippen LogP contribution < -0.4 is 10.2 Å². The summed E-state index contributed by atoms with van der Waals surface area (Å²) in [6.45, 7) is 1.79. The summed E-state index contributed by atoms with van der Waals surface area (Å²) in [7, 11) is 0. The van der Waals surface area contributed by atoms with Crippen molar-refractivity contribution in [2.24, 2.45) is 5.92 Å². The number of nitrogens with zero attached hydrogens (tertiary/aromatic N) is 1. The third-order valence-electron chi connectivity index (χ3n) is 5.49. The molecule has 0 aromatic heterocycles. The molecule has 1 N–H and O–H groups in total. The highest BCUT2D eigenvalue weighted by Gasteiger charge is 2.44. The Kier molecular flexibility index (Phi) is 2.95. The first-order chi connectivity index (χ1) is 10.1. The van der Waals surface area contributed by atoms with Crippen molar-refractivity contribution in [3.8, 4) is 0 Å². The largest absolute Gasteiger partial charge is 0.355 e. The number of fused-ring (bicyclic) bond motifs is 5. The van der Waals surface area contributed by atoms with Gasteiger partial charge < -0.3 is 10.2 Å². The van der Waals surface area contributed by atoms with Crippen molar-refractivity contribution in [3.05, 3.63) is 23.5 Å². The lowest BCUT2D eigenvalue weighted by molar-refractivity contribution is -0.118. The Morgan fingerprint density at radius 3 is 2.86 bits per heavy atom. The van der Waals surface area contributed by atoms with E-state index >= 15 is 0 Å². The Morgan fingerprint density at radius 1 is 1.19 bits per heavy atom. The van der Waals surface area contributed by atoms with Gasteiger partial charge in [-0.1, -0.05) is 12.8 Å². The highest BCUT2D eigenvalue weighted by Crippen LogP contribution is 2.45. The Bertz CT molecular complexity index is 601. The van der Waals surface area contributed by atoms with Gasteiger partial charge in [-0.15, -0.1) is 0 Å². The van der Waals surface area contributed by atoms with Gasteiger partial charge in [0.2, 0.25) is 5.91 Å². The number of rotatable bonds is 0. The highest BCUT2D eigenvalue weighted by atomic mass is 19.1. The van der Waals surface area contributed by atoms with Crippen molar-refractivity contribution in [1.82, 2.24) is 0 Å².